The number of hydrogen-bond acceptors (Lipinski definition) is 6. The Bertz CT molecular complexity index is 642. The lowest BCUT2D eigenvalue weighted by Crippen LogP contribution is -2.27. The van der Waals surface area contributed by atoms with Crippen LogP contribution in [0.2, 0.25) is 0 Å². The second-order valence-electron chi connectivity index (χ2n) is 5.25. The van der Waals surface area contributed by atoms with Crippen LogP contribution in [0.25, 0.3) is 11.2 Å². The number of methoxy groups -OCH3 is 2. The molecule has 0 bridgehead atoms. The molecule has 3 rings (SSSR count). The lowest BCUT2D eigenvalue weighted by atomic mass is 10.2. The molecule has 2 aromatic rings. The summed E-state index contributed by atoms with van der Waals surface area (Å²) in [5.74, 6) is 0.867. The number of fused-ring (bicyclic) bond motifs is 1. The smallest absolute Gasteiger partial charge is 0.165 e. The Kier molecular flexibility index (Phi) is 3.88. The quantitative estimate of drug-likeness (QED) is 0.848. The molecular formula is C14H20N4O3. The van der Waals surface area contributed by atoms with Crippen LogP contribution in [0.1, 0.15) is 24.2 Å². The Hall–Kier alpha value is -1.57. The van der Waals surface area contributed by atoms with E-state index in [1.54, 1.807) is 20.5 Å². The molecule has 3 heterocycles. The first-order valence-electron chi connectivity index (χ1n) is 6.99. The molecule has 1 saturated heterocycles. The summed E-state index contributed by atoms with van der Waals surface area (Å²) in [5.41, 5.74) is 2.50. The topological polar surface area (TPSA) is 71.3 Å². The number of aryl methyl sites for hydroxylation is 2. The van der Waals surface area contributed by atoms with Crippen molar-refractivity contribution in [3.05, 3.63) is 17.8 Å². The number of nitrogens with zero attached hydrogens (tertiary/aromatic N) is 4. The molecule has 3 atom stereocenters. The predicted octanol–water partition coefficient (Wildman–Crippen LogP) is 1.39. The molecule has 1 unspecified atom stereocenters. The summed E-state index contributed by atoms with van der Waals surface area (Å²) in [6.45, 7) is 4.40. The Morgan fingerprint density at radius 2 is 2.14 bits per heavy atom. The summed E-state index contributed by atoms with van der Waals surface area (Å²) >= 11 is 0. The lowest BCUT2D eigenvalue weighted by Gasteiger charge is -2.16. The Morgan fingerprint density at radius 1 is 1.33 bits per heavy atom. The maximum atomic E-state index is 6.09. The second-order valence-corrected chi connectivity index (χ2v) is 5.25. The molecule has 1 aliphatic heterocycles. The maximum Gasteiger partial charge on any atom is 0.165 e. The van der Waals surface area contributed by atoms with Crippen LogP contribution in [0.4, 0.5) is 0 Å². The standard InChI is InChI=1S/C14H20N4O3/c1-8-13-14(16-7-15-8)18(9(2)17-13)12-5-10(20-4)11(21-12)6-19-3/h7,10-12H,5-6H2,1-4H3/t10?,11-,12-/m1/s1. The van der Waals surface area contributed by atoms with Crippen molar-refractivity contribution in [1.29, 1.82) is 0 Å². The third-order valence-corrected chi connectivity index (χ3v) is 3.94. The van der Waals surface area contributed by atoms with Gasteiger partial charge in [-0.2, -0.15) is 0 Å². The predicted molar refractivity (Wildman–Crippen MR) is 76.0 cm³/mol. The van der Waals surface area contributed by atoms with Gasteiger partial charge in [-0.15, -0.1) is 0 Å². The van der Waals surface area contributed by atoms with Crippen LogP contribution in [0.15, 0.2) is 6.33 Å². The number of aromatic nitrogens is 4. The molecular weight excluding hydrogens is 272 g/mol. The van der Waals surface area contributed by atoms with E-state index in [2.05, 4.69) is 15.0 Å². The molecule has 0 radical (unpaired) electrons. The molecule has 0 spiro atoms. The first-order chi connectivity index (χ1) is 10.2. The van der Waals surface area contributed by atoms with Crippen LogP contribution in [0.3, 0.4) is 0 Å². The van der Waals surface area contributed by atoms with Crippen molar-refractivity contribution in [2.45, 2.75) is 38.7 Å². The van der Waals surface area contributed by atoms with E-state index in [4.69, 9.17) is 14.2 Å². The van der Waals surface area contributed by atoms with Gasteiger partial charge in [-0.3, -0.25) is 4.57 Å². The van der Waals surface area contributed by atoms with Gasteiger partial charge in [0.25, 0.3) is 0 Å². The Labute approximate surface area is 123 Å². The van der Waals surface area contributed by atoms with Gasteiger partial charge in [-0.1, -0.05) is 0 Å². The van der Waals surface area contributed by atoms with Crippen molar-refractivity contribution in [3.63, 3.8) is 0 Å². The molecule has 7 heteroatoms. The van der Waals surface area contributed by atoms with Crippen LogP contribution < -0.4 is 0 Å². The fourth-order valence-electron chi connectivity index (χ4n) is 2.90. The van der Waals surface area contributed by atoms with Crippen molar-refractivity contribution in [3.8, 4) is 0 Å². The van der Waals surface area contributed by atoms with E-state index >= 15 is 0 Å². The molecule has 0 amide bonds. The van der Waals surface area contributed by atoms with Crippen LogP contribution in [0.5, 0.6) is 0 Å². The third kappa shape index (κ3) is 2.41. The highest BCUT2D eigenvalue weighted by molar-refractivity contribution is 5.73. The van der Waals surface area contributed by atoms with E-state index in [0.29, 0.717) is 6.61 Å². The molecule has 0 saturated carbocycles. The Morgan fingerprint density at radius 3 is 2.86 bits per heavy atom. The summed E-state index contributed by atoms with van der Waals surface area (Å²) in [5, 5.41) is 0. The van der Waals surface area contributed by atoms with Gasteiger partial charge in [0.2, 0.25) is 0 Å². The number of imidazole rings is 1. The second kappa shape index (κ2) is 5.67. The average Bonchev–Trinajstić information content (AvgIpc) is 3.00. The van der Waals surface area contributed by atoms with Crippen molar-refractivity contribution in [2.24, 2.45) is 0 Å². The van der Waals surface area contributed by atoms with Gasteiger partial charge in [0, 0.05) is 20.6 Å². The zero-order valence-electron chi connectivity index (χ0n) is 12.7. The van der Waals surface area contributed by atoms with E-state index in [0.717, 1.165) is 29.1 Å². The molecule has 114 valence electrons. The van der Waals surface area contributed by atoms with Gasteiger partial charge in [0.15, 0.2) is 5.65 Å². The Balaban J connectivity index is 1.98. The van der Waals surface area contributed by atoms with Gasteiger partial charge in [0.1, 0.15) is 30.0 Å². The van der Waals surface area contributed by atoms with Crippen LogP contribution in [-0.4, -0.2) is 52.6 Å². The molecule has 1 fully saturated rings. The largest absolute Gasteiger partial charge is 0.382 e. The van der Waals surface area contributed by atoms with Gasteiger partial charge >= 0.3 is 0 Å². The molecule has 0 aliphatic carbocycles. The van der Waals surface area contributed by atoms with Crippen molar-refractivity contribution in [1.82, 2.24) is 19.5 Å². The van der Waals surface area contributed by atoms with Gasteiger partial charge in [-0.25, -0.2) is 15.0 Å². The number of hydrogen-bond donors (Lipinski definition) is 0. The first kappa shape index (κ1) is 14.4. The zero-order chi connectivity index (χ0) is 15.0. The van der Waals surface area contributed by atoms with Gasteiger partial charge in [-0.05, 0) is 13.8 Å². The maximum absolute atomic E-state index is 6.09. The minimum absolute atomic E-state index is 0.00901. The van der Waals surface area contributed by atoms with E-state index in [1.807, 2.05) is 18.4 Å². The molecule has 7 nitrogen and oxygen atoms in total. The molecule has 21 heavy (non-hydrogen) atoms. The van der Waals surface area contributed by atoms with E-state index < -0.39 is 0 Å². The number of ether oxygens (including phenoxy) is 3. The van der Waals surface area contributed by atoms with Crippen molar-refractivity contribution < 1.29 is 14.2 Å². The minimum atomic E-state index is -0.144. The summed E-state index contributed by atoms with van der Waals surface area (Å²) in [4.78, 5) is 13.1. The summed E-state index contributed by atoms with van der Waals surface area (Å²) in [6, 6.07) is 0. The van der Waals surface area contributed by atoms with Crippen LogP contribution in [0, 0.1) is 13.8 Å². The van der Waals surface area contributed by atoms with E-state index in [9.17, 15) is 0 Å². The van der Waals surface area contributed by atoms with E-state index in [-0.39, 0.29) is 18.4 Å². The van der Waals surface area contributed by atoms with Crippen LogP contribution in [-0.2, 0) is 14.2 Å². The highest BCUT2D eigenvalue weighted by Crippen LogP contribution is 2.33. The van der Waals surface area contributed by atoms with Gasteiger partial charge < -0.3 is 14.2 Å². The molecule has 2 aromatic heterocycles. The minimum Gasteiger partial charge on any atom is -0.382 e. The zero-order valence-corrected chi connectivity index (χ0v) is 12.7. The highest BCUT2D eigenvalue weighted by Gasteiger charge is 2.37. The van der Waals surface area contributed by atoms with Crippen LogP contribution >= 0.6 is 0 Å². The van der Waals surface area contributed by atoms with E-state index in [1.165, 1.54) is 0 Å². The van der Waals surface area contributed by atoms with Gasteiger partial charge in [0.05, 0.1) is 18.4 Å². The number of rotatable bonds is 4. The summed E-state index contributed by atoms with van der Waals surface area (Å²) in [7, 11) is 3.36. The normalized spacial score (nSPS) is 25.8. The molecule has 0 aromatic carbocycles. The third-order valence-electron chi connectivity index (χ3n) is 3.94. The summed E-state index contributed by atoms with van der Waals surface area (Å²) < 4.78 is 18.8. The fraction of sp³-hybridized carbons (Fsp3) is 0.643. The van der Waals surface area contributed by atoms with Crippen molar-refractivity contribution in [2.75, 3.05) is 20.8 Å². The average molecular weight is 292 g/mol. The first-order valence-corrected chi connectivity index (χ1v) is 6.99. The monoisotopic (exact) mass is 292 g/mol. The fourth-order valence-corrected chi connectivity index (χ4v) is 2.90. The molecule has 0 N–H and O–H groups in total. The highest BCUT2D eigenvalue weighted by atomic mass is 16.6. The SMILES string of the molecule is COC[C@H]1O[C@@H](n2c(C)nc3c(C)ncnc32)CC1OC. The summed E-state index contributed by atoms with van der Waals surface area (Å²) in [6.07, 6.45) is 2.10. The van der Waals surface area contributed by atoms with Crippen molar-refractivity contribution >= 4 is 11.2 Å². The molecule has 1 aliphatic rings. The lowest BCUT2D eigenvalue weighted by molar-refractivity contribution is -0.0602.